The minimum absolute atomic E-state index is 0.0594. The van der Waals surface area contributed by atoms with Gasteiger partial charge in [0.15, 0.2) is 0 Å². The van der Waals surface area contributed by atoms with Crippen LogP contribution in [-0.4, -0.2) is 32.3 Å². The van der Waals surface area contributed by atoms with Crippen LogP contribution in [0.3, 0.4) is 0 Å². The van der Waals surface area contributed by atoms with Crippen LogP contribution in [0.1, 0.15) is 54.0 Å². The van der Waals surface area contributed by atoms with Gasteiger partial charge in [0.1, 0.15) is 30.6 Å². The first-order valence-corrected chi connectivity index (χ1v) is 11.6. The number of nitriles is 1. The molecule has 1 aromatic carbocycles. The van der Waals surface area contributed by atoms with Gasteiger partial charge in [-0.05, 0) is 53.4 Å². The predicted molar refractivity (Wildman–Crippen MR) is 132 cm³/mol. The van der Waals surface area contributed by atoms with Crippen molar-refractivity contribution in [1.82, 2.24) is 0 Å². The maximum atomic E-state index is 13.1. The normalized spacial score (nSPS) is 21.3. The molecule has 184 valence electrons. The first-order valence-electron chi connectivity index (χ1n) is 11.6. The van der Waals surface area contributed by atoms with E-state index in [1.807, 2.05) is 37.3 Å². The van der Waals surface area contributed by atoms with E-state index in [0.717, 1.165) is 5.56 Å². The highest BCUT2D eigenvalue weighted by molar-refractivity contribution is 5.93. The Hall–Kier alpha value is -3.07. The summed E-state index contributed by atoms with van der Waals surface area (Å²) in [4.78, 5) is 25.4. The molecule has 0 aliphatic heterocycles. The maximum Gasteiger partial charge on any atom is 0.349 e. The molecule has 3 atom stereocenters. The molecule has 0 amide bonds. The average Bonchev–Trinajstić information content (AvgIpc) is 3.29. The molecular formula is C28H37NO5. The lowest BCUT2D eigenvalue weighted by atomic mass is 9.63. The van der Waals surface area contributed by atoms with E-state index in [-0.39, 0.29) is 41.5 Å². The van der Waals surface area contributed by atoms with Gasteiger partial charge in [-0.2, -0.15) is 5.26 Å². The van der Waals surface area contributed by atoms with Crippen LogP contribution in [0.4, 0.5) is 0 Å². The number of esters is 2. The maximum absolute atomic E-state index is 13.1. The van der Waals surface area contributed by atoms with Gasteiger partial charge < -0.3 is 14.2 Å². The second-order valence-corrected chi connectivity index (χ2v) is 10.6. The molecule has 3 unspecified atom stereocenters. The summed E-state index contributed by atoms with van der Waals surface area (Å²) in [6.45, 7) is 14.5. The van der Waals surface area contributed by atoms with E-state index >= 15 is 0 Å². The van der Waals surface area contributed by atoms with Gasteiger partial charge in [0.05, 0.1) is 12.5 Å². The molecule has 1 saturated carbocycles. The molecule has 34 heavy (non-hydrogen) atoms. The fourth-order valence-electron chi connectivity index (χ4n) is 4.69. The van der Waals surface area contributed by atoms with Gasteiger partial charge in [0, 0.05) is 0 Å². The van der Waals surface area contributed by atoms with E-state index in [1.165, 1.54) is 6.08 Å². The highest BCUT2D eigenvalue weighted by Gasteiger charge is 2.68. The highest BCUT2D eigenvalue weighted by atomic mass is 16.6. The van der Waals surface area contributed by atoms with Crippen molar-refractivity contribution >= 4 is 18.0 Å². The lowest BCUT2D eigenvalue weighted by Crippen LogP contribution is -2.45. The average molecular weight is 468 g/mol. The number of ether oxygens (including phenoxy) is 3. The van der Waals surface area contributed by atoms with Crippen molar-refractivity contribution in [2.75, 3.05) is 20.3 Å². The molecule has 0 radical (unpaired) electrons. The molecule has 0 bridgehead atoms. The third-order valence-corrected chi connectivity index (χ3v) is 7.51. The number of hydrogen-bond acceptors (Lipinski definition) is 6. The standard InChI is InChI=1S/C28H37NO5/c1-19-23(27(19,5)6)28(7,26(2,3)4)25(31)34-16-15-33-24(30)21(18-29)13-9-11-20-12-10-14-22(17-20)32-8/h9-14,17,19,23H,15-16H2,1-8H3. The molecule has 1 fully saturated rings. The van der Waals surface area contributed by atoms with E-state index < -0.39 is 11.4 Å². The second kappa shape index (κ2) is 10.5. The Kier molecular flexibility index (Phi) is 8.36. The van der Waals surface area contributed by atoms with Crippen LogP contribution in [0.2, 0.25) is 0 Å². The first kappa shape index (κ1) is 27.2. The molecule has 1 aliphatic rings. The second-order valence-electron chi connectivity index (χ2n) is 10.6. The van der Waals surface area contributed by atoms with Crippen LogP contribution in [-0.2, 0) is 19.1 Å². The number of allylic oxidation sites excluding steroid dienone is 2. The lowest BCUT2D eigenvalue weighted by Gasteiger charge is -2.41. The van der Waals surface area contributed by atoms with Gasteiger partial charge in [-0.3, -0.25) is 4.79 Å². The van der Waals surface area contributed by atoms with Crippen LogP contribution in [0.25, 0.3) is 6.08 Å². The van der Waals surface area contributed by atoms with Gasteiger partial charge >= 0.3 is 11.9 Å². The van der Waals surface area contributed by atoms with Crippen LogP contribution in [0.15, 0.2) is 42.0 Å². The number of methoxy groups -OCH3 is 1. The molecule has 0 aromatic heterocycles. The van der Waals surface area contributed by atoms with Crippen LogP contribution < -0.4 is 4.74 Å². The molecular weight excluding hydrogens is 430 g/mol. The molecule has 6 heteroatoms. The van der Waals surface area contributed by atoms with Crippen molar-refractivity contribution in [2.24, 2.45) is 28.1 Å². The third-order valence-electron chi connectivity index (χ3n) is 7.51. The first-order chi connectivity index (χ1) is 15.8. The Morgan fingerprint density at radius 3 is 2.29 bits per heavy atom. The minimum atomic E-state index is -0.760. The Morgan fingerprint density at radius 2 is 1.76 bits per heavy atom. The van der Waals surface area contributed by atoms with E-state index in [9.17, 15) is 14.9 Å². The predicted octanol–water partition coefficient (Wildman–Crippen LogP) is 5.59. The largest absolute Gasteiger partial charge is 0.497 e. The van der Waals surface area contributed by atoms with Crippen molar-refractivity contribution in [1.29, 1.82) is 5.26 Å². The van der Waals surface area contributed by atoms with Crippen LogP contribution >= 0.6 is 0 Å². The van der Waals surface area contributed by atoms with Crippen molar-refractivity contribution in [3.63, 3.8) is 0 Å². The minimum Gasteiger partial charge on any atom is -0.497 e. The summed E-state index contributed by atoms with van der Waals surface area (Å²) in [5, 5.41) is 9.30. The van der Waals surface area contributed by atoms with Crippen molar-refractivity contribution in [2.45, 2.75) is 48.5 Å². The topological polar surface area (TPSA) is 85.6 Å². The zero-order valence-electron chi connectivity index (χ0n) is 21.6. The molecule has 6 nitrogen and oxygen atoms in total. The fourth-order valence-corrected chi connectivity index (χ4v) is 4.69. The van der Waals surface area contributed by atoms with Gasteiger partial charge in [-0.1, -0.05) is 65.8 Å². The lowest BCUT2D eigenvalue weighted by molar-refractivity contribution is -0.168. The number of carbonyl (C=O) groups excluding carboxylic acids is 2. The summed E-state index contributed by atoms with van der Waals surface area (Å²) >= 11 is 0. The summed E-state index contributed by atoms with van der Waals surface area (Å²) in [6.07, 6.45) is 4.74. The fraction of sp³-hybridized carbons (Fsp3) is 0.536. The molecule has 1 aliphatic carbocycles. The van der Waals surface area contributed by atoms with Crippen LogP contribution in [0.5, 0.6) is 5.75 Å². The zero-order chi connectivity index (χ0) is 25.7. The summed E-state index contributed by atoms with van der Waals surface area (Å²) in [5.74, 6) is 0.290. The summed E-state index contributed by atoms with van der Waals surface area (Å²) < 4.78 is 15.9. The number of benzene rings is 1. The van der Waals surface area contributed by atoms with Gasteiger partial charge in [0.2, 0.25) is 0 Å². The Balaban J connectivity index is 1.93. The monoisotopic (exact) mass is 467 g/mol. The van der Waals surface area contributed by atoms with Crippen LogP contribution in [0, 0.1) is 39.4 Å². The zero-order valence-corrected chi connectivity index (χ0v) is 21.6. The molecule has 2 rings (SSSR count). The molecule has 0 N–H and O–H groups in total. The Labute approximate surface area is 203 Å². The van der Waals surface area contributed by atoms with E-state index in [0.29, 0.717) is 11.7 Å². The third kappa shape index (κ3) is 5.70. The molecule has 0 saturated heterocycles. The number of carbonyl (C=O) groups is 2. The van der Waals surface area contributed by atoms with Gasteiger partial charge in [-0.25, -0.2) is 4.79 Å². The van der Waals surface area contributed by atoms with Gasteiger partial charge in [0.25, 0.3) is 0 Å². The van der Waals surface area contributed by atoms with Gasteiger partial charge in [-0.15, -0.1) is 0 Å². The molecule has 0 heterocycles. The summed E-state index contributed by atoms with van der Waals surface area (Å²) in [7, 11) is 1.58. The highest BCUT2D eigenvalue weighted by Crippen LogP contribution is 2.69. The van der Waals surface area contributed by atoms with Crippen molar-refractivity contribution in [3.05, 3.63) is 47.6 Å². The van der Waals surface area contributed by atoms with E-state index in [4.69, 9.17) is 14.2 Å². The quantitative estimate of drug-likeness (QED) is 0.155. The Bertz CT molecular complexity index is 1010. The smallest absolute Gasteiger partial charge is 0.349 e. The number of hydrogen-bond donors (Lipinski definition) is 0. The van der Waals surface area contributed by atoms with Crippen molar-refractivity contribution < 1.29 is 23.8 Å². The number of rotatable bonds is 9. The molecule has 0 spiro atoms. The molecule has 1 aromatic rings. The van der Waals surface area contributed by atoms with E-state index in [2.05, 4.69) is 41.5 Å². The number of nitrogens with zero attached hydrogens (tertiary/aromatic N) is 1. The van der Waals surface area contributed by atoms with E-state index in [1.54, 1.807) is 19.3 Å². The van der Waals surface area contributed by atoms with Crippen molar-refractivity contribution in [3.8, 4) is 11.8 Å². The Morgan fingerprint density at radius 1 is 1.15 bits per heavy atom. The SMILES string of the molecule is COc1cccc(C=CC=C(C#N)C(=O)OCCOC(=O)C(C)(C2C(C)C2(C)C)C(C)(C)C)c1. The summed E-state index contributed by atoms with van der Waals surface area (Å²) in [6, 6.07) is 9.22. The summed E-state index contributed by atoms with van der Waals surface area (Å²) in [5.41, 5.74) is -0.165.